The van der Waals surface area contributed by atoms with E-state index in [1.54, 1.807) is 6.20 Å². The summed E-state index contributed by atoms with van der Waals surface area (Å²) >= 11 is 5.78. The molecule has 0 fully saturated rings. The van der Waals surface area contributed by atoms with Crippen LogP contribution in [0.3, 0.4) is 0 Å². The number of halogens is 1. The van der Waals surface area contributed by atoms with Crippen LogP contribution in [0.25, 0.3) is 0 Å². The maximum Gasteiger partial charge on any atom is 0.129 e. The maximum absolute atomic E-state index is 5.78. The van der Waals surface area contributed by atoms with Gasteiger partial charge in [0.1, 0.15) is 5.15 Å². The van der Waals surface area contributed by atoms with E-state index in [-0.39, 0.29) is 0 Å². The van der Waals surface area contributed by atoms with Gasteiger partial charge in [-0.25, -0.2) is 4.98 Å². The number of nitrogens with zero attached hydrogens (tertiary/aromatic N) is 1. The van der Waals surface area contributed by atoms with E-state index in [9.17, 15) is 0 Å². The summed E-state index contributed by atoms with van der Waals surface area (Å²) in [5.74, 6) is 0. The molecule has 0 aliphatic carbocycles. The number of pyridine rings is 1. The van der Waals surface area contributed by atoms with Crippen LogP contribution in [0.1, 0.15) is 44.6 Å². The second kappa shape index (κ2) is 8.54. The van der Waals surface area contributed by atoms with Crippen LogP contribution in [0.15, 0.2) is 18.3 Å². The zero-order valence-electron chi connectivity index (χ0n) is 9.92. The second-order valence-electron chi connectivity index (χ2n) is 3.95. The Kier molecular flexibility index (Phi) is 7.19. The normalized spacial score (nSPS) is 10.6. The fourth-order valence-corrected chi connectivity index (χ4v) is 1.73. The molecule has 0 amide bonds. The molecule has 3 heteroatoms. The van der Waals surface area contributed by atoms with Crippen molar-refractivity contribution in [1.82, 2.24) is 4.98 Å². The Morgan fingerprint density at radius 1 is 1.25 bits per heavy atom. The first-order valence-electron chi connectivity index (χ1n) is 6.01. The van der Waals surface area contributed by atoms with E-state index in [1.165, 1.54) is 25.7 Å². The Bertz CT molecular complexity index is 291. The average Bonchev–Trinajstić information content (AvgIpc) is 2.28. The third-order valence-corrected chi connectivity index (χ3v) is 2.66. The molecule has 0 aliphatic rings. The Morgan fingerprint density at radius 2 is 2.06 bits per heavy atom. The molecule has 0 spiro atoms. The van der Waals surface area contributed by atoms with Crippen LogP contribution in [-0.4, -0.2) is 11.6 Å². The number of hydrogen-bond acceptors (Lipinski definition) is 2. The number of aromatic nitrogens is 1. The van der Waals surface area contributed by atoms with E-state index in [2.05, 4.69) is 11.9 Å². The van der Waals surface area contributed by atoms with Gasteiger partial charge < -0.3 is 4.74 Å². The van der Waals surface area contributed by atoms with Gasteiger partial charge in [-0.15, -0.1) is 0 Å². The molecule has 16 heavy (non-hydrogen) atoms. The summed E-state index contributed by atoms with van der Waals surface area (Å²) in [6.45, 7) is 3.70. The summed E-state index contributed by atoms with van der Waals surface area (Å²) in [5, 5.41) is 0.532. The predicted octanol–water partition coefficient (Wildman–Crippen LogP) is 4.22. The highest BCUT2D eigenvalue weighted by atomic mass is 35.5. The molecule has 0 unspecified atom stereocenters. The van der Waals surface area contributed by atoms with Crippen molar-refractivity contribution in [1.29, 1.82) is 0 Å². The Hall–Kier alpha value is -0.600. The van der Waals surface area contributed by atoms with Crippen molar-refractivity contribution < 1.29 is 4.74 Å². The topological polar surface area (TPSA) is 22.1 Å². The first kappa shape index (κ1) is 13.5. The van der Waals surface area contributed by atoms with Crippen molar-refractivity contribution in [2.75, 3.05) is 6.61 Å². The van der Waals surface area contributed by atoms with Crippen molar-refractivity contribution in [3.8, 4) is 0 Å². The number of hydrogen-bond donors (Lipinski definition) is 0. The third kappa shape index (κ3) is 6.09. The van der Waals surface area contributed by atoms with E-state index in [0.717, 1.165) is 18.6 Å². The third-order valence-electron chi connectivity index (χ3n) is 2.45. The molecule has 0 bridgehead atoms. The van der Waals surface area contributed by atoms with Gasteiger partial charge in [0.25, 0.3) is 0 Å². The van der Waals surface area contributed by atoms with Gasteiger partial charge in [0.2, 0.25) is 0 Å². The smallest absolute Gasteiger partial charge is 0.129 e. The largest absolute Gasteiger partial charge is 0.377 e. The molecule has 0 atom stereocenters. The summed E-state index contributed by atoms with van der Waals surface area (Å²) in [4.78, 5) is 3.93. The lowest BCUT2D eigenvalue weighted by Crippen LogP contribution is -1.96. The lowest BCUT2D eigenvalue weighted by Gasteiger charge is -2.04. The molecule has 0 aliphatic heterocycles. The van der Waals surface area contributed by atoms with Gasteiger partial charge in [-0.2, -0.15) is 0 Å². The van der Waals surface area contributed by atoms with Crippen molar-refractivity contribution in [2.24, 2.45) is 0 Å². The molecule has 1 aromatic rings. The minimum Gasteiger partial charge on any atom is -0.377 e. The van der Waals surface area contributed by atoms with Crippen LogP contribution in [0.5, 0.6) is 0 Å². The first-order chi connectivity index (χ1) is 7.83. The lowest BCUT2D eigenvalue weighted by molar-refractivity contribution is 0.116. The molecule has 1 aromatic heterocycles. The zero-order chi connectivity index (χ0) is 11.6. The zero-order valence-corrected chi connectivity index (χ0v) is 10.7. The summed E-state index contributed by atoms with van der Waals surface area (Å²) < 4.78 is 5.57. The van der Waals surface area contributed by atoms with E-state index < -0.39 is 0 Å². The van der Waals surface area contributed by atoms with Gasteiger partial charge in [-0.1, -0.05) is 44.2 Å². The SMILES string of the molecule is CCCCCCCOCc1ccnc(Cl)c1. The van der Waals surface area contributed by atoms with Gasteiger partial charge in [-0.05, 0) is 24.1 Å². The number of ether oxygens (including phenoxy) is 1. The van der Waals surface area contributed by atoms with E-state index in [4.69, 9.17) is 16.3 Å². The van der Waals surface area contributed by atoms with Gasteiger partial charge in [0, 0.05) is 12.8 Å². The molecule has 1 rings (SSSR count). The van der Waals surface area contributed by atoms with Crippen LogP contribution >= 0.6 is 11.6 Å². The number of rotatable bonds is 8. The maximum atomic E-state index is 5.78. The molecule has 0 saturated heterocycles. The summed E-state index contributed by atoms with van der Waals surface area (Å²) in [6.07, 6.45) is 8.07. The Balaban J connectivity index is 2.03. The Morgan fingerprint density at radius 3 is 2.81 bits per heavy atom. The molecule has 0 saturated carbocycles. The average molecular weight is 242 g/mol. The molecular formula is C13H20ClNO. The molecule has 2 nitrogen and oxygen atoms in total. The quantitative estimate of drug-likeness (QED) is 0.502. The van der Waals surface area contributed by atoms with Crippen LogP contribution in [0.2, 0.25) is 5.15 Å². The number of unbranched alkanes of at least 4 members (excludes halogenated alkanes) is 4. The van der Waals surface area contributed by atoms with Gasteiger partial charge in [0.05, 0.1) is 6.61 Å². The fraction of sp³-hybridized carbons (Fsp3) is 0.615. The van der Waals surface area contributed by atoms with Crippen molar-refractivity contribution in [3.05, 3.63) is 29.0 Å². The van der Waals surface area contributed by atoms with Gasteiger partial charge in [0.15, 0.2) is 0 Å². The summed E-state index contributed by atoms with van der Waals surface area (Å²) in [5.41, 5.74) is 1.09. The molecule has 1 heterocycles. The van der Waals surface area contributed by atoms with E-state index >= 15 is 0 Å². The minimum absolute atomic E-state index is 0.532. The van der Waals surface area contributed by atoms with Gasteiger partial charge >= 0.3 is 0 Å². The highest BCUT2D eigenvalue weighted by molar-refractivity contribution is 6.29. The first-order valence-corrected chi connectivity index (χ1v) is 6.39. The highest BCUT2D eigenvalue weighted by Gasteiger charge is 1.95. The van der Waals surface area contributed by atoms with Crippen molar-refractivity contribution in [3.63, 3.8) is 0 Å². The van der Waals surface area contributed by atoms with Gasteiger partial charge in [-0.3, -0.25) is 0 Å². The predicted molar refractivity (Wildman–Crippen MR) is 67.7 cm³/mol. The van der Waals surface area contributed by atoms with Crippen LogP contribution in [0.4, 0.5) is 0 Å². The minimum atomic E-state index is 0.532. The summed E-state index contributed by atoms with van der Waals surface area (Å²) in [7, 11) is 0. The van der Waals surface area contributed by atoms with Crippen LogP contribution in [-0.2, 0) is 11.3 Å². The fourth-order valence-electron chi connectivity index (χ4n) is 1.53. The molecule has 0 N–H and O–H groups in total. The lowest BCUT2D eigenvalue weighted by atomic mass is 10.2. The monoisotopic (exact) mass is 241 g/mol. The van der Waals surface area contributed by atoms with E-state index in [1.807, 2.05) is 12.1 Å². The second-order valence-corrected chi connectivity index (χ2v) is 4.34. The van der Waals surface area contributed by atoms with Crippen molar-refractivity contribution in [2.45, 2.75) is 45.6 Å². The van der Waals surface area contributed by atoms with Crippen LogP contribution in [0, 0.1) is 0 Å². The molecule has 0 radical (unpaired) electrons. The highest BCUT2D eigenvalue weighted by Crippen LogP contribution is 2.09. The van der Waals surface area contributed by atoms with Crippen LogP contribution < -0.4 is 0 Å². The van der Waals surface area contributed by atoms with Crippen molar-refractivity contribution >= 4 is 11.6 Å². The standard InChI is InChI=1S/C13H20ClNO/c1-2-3-4-5-6-9-16-11-12-7-8-15-13(14)10-12/h7-8,10H,2-6,9,11H2,1H3. The molecule has 0 aromatic carbocycles. The molecular weight excluding hydrogens is 222 g/mol. The Labute approximate surface area is 103 Å². The summed E-state index contributed by atoms with van der Waals surface area (Å²) in [6, 6.07) is 3.78. The molecule has 90 valence electrons. The van der Waals surface area contributed by atoms with E-state index in [0.29, 0.717) is 11.8 Å².